The third kappa shape index (κ3) is 9.57. The van der Waals surface area contributed by atoms with E-state index in [0.29, 0.717) is 0 Å². The third-order valence-corrected chi connectivity index (χ3v) is 2.01. The van der Waals surface area contributed by atoms with Crippen molar-refractivity contribution in [3.63, 3.8) is 0 Å². The smallest absolute Gasteiger partial charge is 0.0184 e. The maximum absolute atomic E-state index is 3.90. The van der Waals surface area contributed by atoms with Crippen LogP contribution in [0.25, 0.3) is 0 Å². The molecule has 0 aromatic carbocycles. The molecular formula is C11H24N2. The molecule has 0 saturated heterocycles. The van der Waals surface area contributed by atoms with Crippen LogP contribution in [0.2, 0.25) is 0 Å². The van der Waals surface area contributed by atoms with E-state index in [0.717, 1.165) is 13.1 Å². The molecular weight excluding hydrogens is 160 g/mol. The molecule has 0 aliphatic rings. The lowest BCUT2D eigenvalue weighted by molar-refractivity contribution is 0.350. The number of nitrogens with zero attached hydrogens (tertiary/aromatic N) is 1. The van der Waals surface area contributed by atoms with E-state index >= 15 is 0 Å². The van der Waals surface area contributed by atoms with Crippen molar-refractivity contribution in [2.75, 3.05) is 33.7 Å². The van der Waals surface area contributed by atoms with Crippen molar-refractivity contribution in [1.29, 1.82) is 0 Å². The molecule has 2 nitrogen and oxygen atoms in total. The molecule has 0 aromatic rings. The van der Waals surface area contributed by atoms with Crippen LogP contribution >= 0.6 is 0 Å². The molecule has 0 aliphatic heterocycles. The molecule has 2 heteroatoms. The largest absolute Gasteiger partial charge is 0.320 e. The number of hydrogen-bond acceptors (Lipinski definition) is 2. The zero-order valence-electron chi connectivity index (χ0n) is 9.40. The van der Waals surface area contributed by atoms with E-state index in [1.807, 2.05) is 7.05 Å². The molecule has 0 heterocycles. The molecule has 1 N–H and O–H groups in total. The summed E-state index contributed by atoms with van der Waals surface area (Å²) in [5.41, 5.74) is 1.25. The molecule has 13 heavy (non-hydrogen) atoms. The quantitative estimate of drug-likeness (QED) is 0.458. The van der Waals surface area contributed by atoms with Gasteiger partial charge in [0, 0.05) is 6.54 Å². The Morgan fingerprint density at radius 2 is 2.00 bits per heavy atom. The summed E-state index contributed by atoms with van der Waals surface area (Å²) < 4.78 is 0. The topological polar surface area (TPSA) is 15.3 Å². The Morgan fingerprint density at radius 3 is 2.54 bits per heavy atom. The summed E-state index contributed by atoms with van der Waals surface area (Å²) in [6, 6.07) is 0. The average Bonchev–Trinajstić information content (AvgIpc) is 2.02. The van der Waals surface area contributed by atoms with E-state index in [1.165, 1.54) is 31.4 Å². The van der Waals surface area contributed by atoms with E-state index in [1.54, 1.807) is 0 Å². The summed E-state index contributed by atoms with van der Waals surface area (Å²) in [4.78, 5) is 2.34. The molecule has 0 aliphatic carbocycles. The first kappa shape index (κ1) is 12.7. The zero-order valence-corrected chi connectivity index (χ0v) is 9.40. The highest BCUT2D eigenvalue weighted by molar-refractivity contribution is 4.90. The molecule has 0 amide bonds. The van der Waals surface area contributed by atoms with E-state index in [-0.39, 0.29) is 0 Å². The highest BCUT2D eigenvalue weighted by atomic mass is 15.1. The SMILES string of the molecule is C=C(C)CN(C)CCCCCNC. The lowest BCUT2D eigenvalue weighted by atomic mass is 10.2. The van der Waals surface area contributed by atoms with Crippen LogP contribution in [0.4, 0.5) is 0 Å². The van der Waals surface area contributed by atoms with Crippen molar-refractivity contribution in [1.82, 2.24) is 10.2 Å². The van der Waals surface area contributed by atoms with Gasteiger partial charge in [0.25, 0.3) is 0 Å². The Kier molecular flexibility index (Phi) is 8.05. The van der Waals surface area contributed by atoms with Crippen LogP contribution in [0.5, 0.6) is 0 Å². The van der Waals surface area contributed by atoms with Gasteiger partial charge in [0.15, 0.2) is 0 Å². The molecule has 0 aromatic heterocycles. The second-order valence-electron chi connectivity index (χ2n) is 3.86. The van der Waals surface area contributed by atoms with Crippen LogP contribution in [-0.2, 0) is 0 Å². The van der Waals surface area contributed by atoms with Crippen LogP contribution in [0.15, 0.2) is 12.2 Å². The zero-order chi connectivity index (χ0) is 10.1. The van der Waals surface area contributed by atoms with Gasteiger partial charge in [-0.15, -0.1) is 0 Å². The molecule has 0 atom stereocenters. The van der Waals surface area contributed by atoms with Crippen molar-refractivity contribution < 1.29 is 0 Å². The first-order valence-electron chi connectivity index (χ1n) is 5.14. The van der Waals surface area contributed by atoms with Crippen LogP contribution in [0.1, 0.15) is 26.2 Å². The van der Waals surface area contributed by atoms with Gasteiger partial charge < -0.3 is 10.2 Å². The molecule has 0 fully saturated rings. The Morgan fingerprint density at radius 1 is 1.31 bits per heavy atom. The van der Waals surface area contributed by atoms with Crippen molar-refractivity contribution in [3.05, 3.63) is 12.2 Å². The molecule has 0 rings (SSSR count). The lowest BCUT2D eigenvalue weighted by Gasteiger charge is -2.15. The highest BCUT2D eigenvalue weighted by Crippen LogP contribution is 1.98. The summed E-state index contributed by atoms with van der Waals surface area (Å²) in [7, 11) is 4.17. The summed E-state index contributed by atoms with van der Waals surface area (Å²) in [6.07, 6.45) is 3.91. The molecule has 0 radical (unpaired) electrons. The summed E-state index contributed by atoms with van der Waals surface area (Å²) in [5.74, 6) is 0. The van der Waals surface area contributed by atoms with Crippen LogP contribution < -0.4 is 5.32 Å². The maximum atomic E-state index is 3.90. The normalized spacial score (nSPS) is 10.8. The van der Waals surface area contributed by atoms with E-state index in [9.17, 15) is 0 Å². The molecule has 0 saturated carbocycles. The van der Waals surface area contributed by atoms with Crippen LogP contribution in [0, 0.1) is 0 Å². The standard InChI is InChI=1S/C11H24N2/c1-11(2)10-13(4)9-7-5-6-8-12-3/h12H,1,5-10H2,2-4H3. The monoisotopic (exact) mass is 184 g/mol. The fraction of sp³-hybridized carbons (Fsp3) is 0.818. The number of unbranched alkanes of at least 4 members (excludes halogenated alkanes) is 2. The summed E-state index contributed by atoms with van der Waals surface area (Å²) >= 11 is 0. The van der Waals surface area contributed by atoms with Gasteiger partial charge in [-0.3, -0.25) is 0 Å². The molecule has 78 valence electrons. The van der Waals surface area contributed by atoms with Gasteiger partial charge in [-0.25, -0.2) is 0 Å². The van der Waals surface area contributed by atoms with E-state index < -0.39 is 0 Å². The molecule has 0 spiro atoms. The van der Waals surface area contributed by atoms with Crippen molar-refractivity contribution in [2.24, 2.45) is 0 Å². The fourth-order valence-corrected chi connectivity index (χ4v) is 1.40. The second kappa shape index (κ2) is 8.27. The fourth-order valence-electron chi connectivity index (χ4n) is 1.40. The van der Waals surface area contributed by atoms with Gasteiger partial charge in [0.2, 0.25) is 0 Å². The minimum absolute atomic E-state index is 1.03. The maximum Gasteiger partial charge on any atom is 0.0184 e. The molecule has 0 bridgehead atoms. The Labute approximate surface area is 83.0 Å². The van der Waals surface area contributed by atoms with Crippen molar-refractivity contribution in [3.8, 4) is 0 Å². The third-order valence-electron chi connectivity index (χ3n) is 2.01. The second-order valence-corrected chi connectivity index (χ2v) is 3.86. The summed E-state index contributed by atoms with van der Waals surface area (Å²) in [5, 5.41) is 3.16. The van der Waals surface area contributed by atoms with Gasteiger partial charge in [-0.05, 0) is 47.0 Å². The Balaban J connectivity index is 3.17. The first-order valence-corrected chi connectivity index (χ1v) is 5.14. The van der Waals surface area contributed by atoms with Gasteiger partial charge >= 0.3 is 0 Å². The lowest BCUT2D eigenvalue weighted by Crippen LogP contribution is -2.21. The number of hydrogen-bond donors (Lipinski definition) is 1. The minimum Gasteiger partial charge on any atom is -0.320 e. The summed E-state index contributed by atoms with van der Waals surface area (Å²) in [6.45, 7) is 9.35. The van der Waals surface area contributed by atoms with Gasteiger partial charge in [-0.2, -0.15) is 0 Å². The predicted octanol–water partition coefficient (Wildman–Crippen LogP) is 1.88. The van der Waals surface area contributed by atoms with Gasteiger partial charge in [-0.1, -0.05) is 18.6 Å². The average molecular weight is 184 g/mol. The van der Waals surface area contributed by atoms with Crippen molar-refractivity contribution >= 4 is 0 Å². The first-order chi connectivity index (χ1) is 6.16. The molecule has 0 unspecified atom stereocenters. The van der Waals surface area contributed by atoms with Gasteiger partial charge in [0.1, 0.15) is 0 Å². The van der Waals surface area contributed by atoms with E-state index in [4.69, 9.17) is 0 Å². The van der Waals surface area contributed by atoms with Crippen molar-refractivity contribution in [2.45, 2.75) is 26.2 Å². The number of nitrogens with one attached hydrogen (secondary N) is 1. The number of likely N-dealkylation sites (N-methyl/N-ethyl adjacent to an activating group) is 1. The predicted molar refractivity (Wildman–Crippen MR) is 60.1 cm³/mol. The highest BCUT2D eigenvalue weighted by Gasteiger charge is 1.97. The Hall–Kier alpha value is -0.340. The van der Waals surface area contributed by atoms with Crippen LogP contribution in [-0.4, -0.2) is 38.6 Å². The van der Waals surface area contributed by atoms with Crippen LogP contribution in [0.3, 0.4) is 0 Å². The van der Waals surface area contributed by atoms with E-state index in [2.05, 4.69) is 30.8 Å². The van der Waals surface area contributed by atoms with Gasteiger partial charge in [0.05, 0.1) is 0 Å². The number of rotatable bonds is 8. The Bertz CT molecular complexity index is 132. The minimum atomic E-state index is 1.03.